The van der Waals surface area contributed by atoms with E-state index in [1.54, 1.807) is 18.9 Å². The number of amides is 1. The van der Waals surface area contributed by atoms with E-state index in [2.05, 4.69) is 18.3 Å². The van der Waals surface area contributed by atoms with Gasteiger partial charge < -0.3 is 10.1 Å². The Kier molecular flexibility index (Phi) is 7.66. The molecule has 0 spiro atoms. The van der Waals surface area contributed by atoms with E-state index in [9.17, 15) is 4.79 Å². The molecular formula is C20H24ClNO2S. The number of ether oxygens (including phenoxy) is 1. The molecule has 25 heavy (non-hydrogen) atoms. The zero-order valence-corrected chi connectivity index (χ0v) is 16.4. The summed E-state index contributed by atoms with van der Waals surface area (Å²) in [5, 5.41) is 3.85. The lowest BCUT2D eigenvalue weighted by Crippen LogP contribution is -2.29. The molecular weight excluding hydrogens is 354 g/mol. The van der Waals surface area contributed by atoms with Gasteiger partial charge in [0.1, 0.15) is 5.75 Å². The molecule has 0 bridgehead atoms. The number of methoxy groups -OCH3 is 1. The van der Waals surface area contributed by atoms with E-state index in [-0.39, 0.29) is 11.9 Å². The molecule has 2 rings (SSSR count). The fourth-order valence-corrected chi connectivity index (χ4v) is 3.54. The second-order valence-electron chi connectivity index (χ2n) is 5.88. The lowest BCUT2D eigenvalue weighted by atomic mass is 10.0. The molecule has 0 unspecified atom stereocenters. The minimum Gasteiger partial charge on any atom is -0.496 e. The number of carbonyl (C=O) groups is 1. The highest BCUT2D eigenvalue weighted by molar-refractivity contribution is 7.99. The number of aryl methyl sites for hydroxylation is 1. The minimum absolute atomic E-state index is 0.0215. The average molecular weight is 378 g/mol. The van der Waals surface area contributed by atoms with Gasteiger partial charge in [0.15, 0.2) is 0 Å². The molecule has 1 atom stereocenters. The van der Waals surface area contributed by atoms with Crippen molar-refractivity contribution in [3.63, 3.8) is 0 Å². The van der Waals surface area contributed by atoms with Gasteiger partial charge in [-0.25, -0.2) is 0 Å². The van der Waals surface area contributed by atoms with Crippen molar-refractivity contribution < 1.29 is 9.53 Å². The Morgan fingerprint density at radius 3 is 2.56 bits per heavy atom. The van der Waals surface area contributed by atoms with Crippen molar-refractivity contribution in [1.29, 1.82) is 0 Å². The molecule has 0 heterocycles. The lowest BCUT2D eigenvalue weighted by Gasteiger charge is -2.19. The van der Waals surface area contributed by atoms with Crippen molar-refractivity contribution in [3.05, 3.63) is 64.2 Å². The second-order valence-corrected chi connectivity index (χ2v) is 7.30. The SMILES string of the molecule is CC[C@@H](NC(=O)CSCc1ccc(Cl)cc1)c1ccc(OC)c(C)c1. The number of benzene rings is 2. The van der Waals surface area contributed by atoms with Crippen LogP contribution in [-0.2, 0) is 10.5 Å². The largest absolute Gasteiger partial charge is 0.496 e. The third-order valence-corrected chi connectivity index (χ3v) is 5.24. The Morgan fingerprint density at radius 2 is 1.96 bits per heavy atom. The first kappa shape index (κ1) is 19.7. The Labute approximate surface area is 159 Å². The highest BCUT2D eigenvalue weighted by Gasteiger charge is 2.14. The van der Waals surface area contributed by atoms with Crippen LogP contribution in [0.2, 0.25) is 5.02 Å². The van der Waals surface area contributed by atoms with Crippen LogP contribution in [0.15, 0.2) is 42.5 Å². The minimum atomic E-state index is 0.0215. The van der Waals surface area contributed by atoms with Crippen LogP contribution < -0.4 is 10.1 Å². The summed E-state index contributed by atoms with van der Waals surface area (Å²) in [5.74, 6) is 2.15. The molecule has 0 saturated carbocycles. The van der Waals surface area contributed by atoms with Crippen molar-refractivity contribution in [2.75, 3.05) is 12.9 Å². The Morgan fingerprint density at radius 1 is 1.24 bits per heavy atom. The molecule has 0 aromatic heterocycles. The van der Waals surface area contributed by atoms with E-state index in [1.165, 1.54) is 5.56 Å². The third kappa shape index (κ3) is 5.98. The van der Waals surface area contributed by atoms with Crippen LogP contribution in [0.1, 0.15) is 36.1 Å². The van der Waals surface area contributed by atoms with Crippen LogP contribution in [0.3, 0.4) is 0 Å². The summed E-state index contributed by atoms with van der Waals surface area (Å²) in [7, 11) is 1.67. The van der Waals surface area contributed by atoms with Crippen molar-refractivity contribution in [3.8, 4) is 5.75 Å². The van der Waals surface area contributed by atoms with Crippen LogP contribution in [0.5, 0.6) is 5.75 Å². The number of carbonyl (C=O) groups excluding carboxylic acids is 1. The van der Waals surface area contributed by atoms with Gasteiger partial charge in [-0.1, -0.05) is 42.8 Å². The summed E-state index contributed by atoms with van der Waals surface area (Å²) in [5.41, 5.74) is 3.35. The Balaban J connectivity index is 1.86. The maximum absolute atomic E-state index is 12.3. The van der Waals surface area contributed by atoms with Crippen LogP contribution in [0.4, 0.5) is 0 Å². The summed E-state index contributed by atoms with van der Waals surface area (Å²) in [6, 6.07) is 13.8. The summed E-state index contributed by atoms with van der Waals surface area (Å²) in [6.07, 6.45) is 0.847. The van der Waals surface area contributed by atoms with Gasteiger partial charge in [-0.05, 0) is 48.2 Å². The molecule has 5 heteroatoms. The molecule has 2 aromatic carbocycles. The van der Waals surface area contributed by atoms with Gasteiger partial charge >= 0.3 is 0 Å². The molecule has 0 aliphatic heterocycles. The molecule has 0 fully saturated rings. The second kappa shape index (κ2) is 9.73. The zero-order valence-electron chi connectivity index (χ0n) is 14.8. The number of nitrogens with one attached hydrogen (secondary N) is 1. The van der Waals surface area contributed by atoms with E-state index in [1.807, 2.05) is 43.3 Å². The first-order chi connectivity index (χ1) is 12.0. The molecule has 0 saturated heterocycles. The monoisotopic (exact) mass is 377 g/mol. The quantitative estimate of drug-likeness (QED) is 0.690. The first-order valence-corrected chi connectivity index (χ1v) is 9.82. The molecule has 1 amide bonds. The normalized spacial score (nSPS) is 11.8. The fraction of sp³-hybridized carbons (Fsp3) is 0.350. The molecule has 3 nitrogen and oxygen atoms in total. The van der Waals surface area contributed by atoms with Gasteiger partial charge in [0.05, 0.1) is 18.9 Å². The standard InChI is InChI=1S/C20H24ClNO2S/c1-4-18(16-7-10-19(24-3)14(2)11-16)22-20(23)13-25-12-15-5-8-17(21)9-6-15/h5-11,18H,4,12-13H2,1-3H3,(H,22,23)/t18-/m1/s1. The topological polar surface area (TPSA) is 38.3 Å². The molecule has 0 aliphatic rings. The van der Waals surface area contributed by atoms with E-state index >= 15 is 0 Å². The zero-order chi connectivity index (χ0) is 18.2. The van der Waals surface area contributed by atoms with E-state index < -0.39 is 0 Å². The first-order valence-electron chi connectivity index (χ1n) is 8.29. The third-order valence-electron chi connectivity index (χ3n) is 3.98. The molecule has 2 aromatic rings. The number of hydrogen-bond donors (Lipinski definition) is 1. The molecule has 0 radical (unpaired) electrons. The van der Waals surface area contributed by atoms with Crippen LogP contribution in [0, 0.1) is 6.92 Å². The smallest absolute Gasteiger partial charge is 0.230 e. The average Bonchev–Trinajstić information content (AvgIpc) is 2.61. The number of thioether (sulfide) groups is 1. The summed E-state index contributed by atoms with van der Waals surface area (Å²) in [4.78, 5) is 12.3. The highest BCUT2D eigenvalue weighted by atomic mass is 35.5. The van der Waals surface area contributed by atoms with Crippen LogP contribution in [-0.4, -0.2) is 18.8 Å². The maximum Gasteiger partial charge on any atom is 0.230 e. The number of halogens is 1. The molecule has 1 N–H and O–H groups in total. The summed E-state index contributed by atoms with van der Waals surface area (Å²) < 4.78 is 5.30. The van der Waals surface area contributed by atoms with Gasteiger partial charge in [0, 0.05) is 10.8 Å². The predicted molar refractivity (Wildman–Crippen MR) is 107 cm³/mol. The number of rotatable bonds is 8. The van der Waals surface area contributed by atoms with Gasteiger partial charge in [0.2, 0.25) is 5.91 Å². The van der Waals surface area contributed by atoms with Crippen molar-refractivity contribution in [2.45, 2.75) is 32.1 Å². The van der Waals surface area contributed by atoms with Crippen LogP contribution in [0.25, 0.3) is 0 Å². The van der Waals surface area contributed by atoms with Gasteiger partial charge in [-0.3, -0.25) is 4.79 Å². The lowest BCUT2D eigenvalue weighted by molar-refractivity contribution is -0.119. The maximum atomic E-state index is 12.3. The van der Waals surface area contributed by atoms with Crippen molar-refractivity contribution >= 4 is 29.3 Å². The van der Waals surface area contributed by atoms with Gasteiger partial charge in [-0.2, -0.15) is 0 Å². The number of hydrogen-bond acceptors (Lipinski definition) is 3. The van der Waals surface area contributed by atoms with E-state index in [0.29, 0.717) is 5.75 Å². The molecule has 0 aliphatic carbocycles. The van der Waals surface area contributed by atoms with Gasteiger partial charge in [-0.15, -0.1) is 11.8 Å². The molecule has 134 valence electrons. The van der Waals surface area contributed by atoms with E-state index in [0.717, 1.165) is 34.1 Å². The van der Waals surface area contributed by atoms with Crippen LogP contribution >= 0.6 is 23.4 Å². The highest BCUT2D eigenvalue weighted by Crippen LogP contribution is 2.24. The fourth-order valence-electron chi connectivity index (χ4n) is 2.62. The Bertz CT molecular complexity index is 703. The van der Waals surface area contributed by atoms with E-state index in [4.69, 9.17) is 16.3 Å². The van der Waals surface area contributed by atoms with Gasteiger partial charge in [0.25, 0.3) is 0 Å². The summed E-state index contributed by atoms with van der Waals surface area (Å²) >= 11 is 7.48. The predicted octanol–water partition coefficient (Wildman–Crippen LogP) is 5.16. The van der Waals surface area contributed by atoms with Crippen molar-refractivity contribution in [2.24, 2.45) is 0 Å². The Hall–Kier alpha value is -1.65. The summed E-state index contributed by atoms with van der Waals surface area (Å²) in [6.45, 7) is 4.09. The van der Waals surface area contributed by atoms with Crippen molar-refractivity contribution in [1.82, 2.24) is 5.32 Å².